The lowest BCUT2D eigenvalue weighted by atomic mass is 9.73. The molecule has 136 valence electrons. The van der Waals surface area contributed by atoms with Gasteiger partial charge in [-0.3, -0.25) is 0 Å². The maximum atomic E-state index is 12.1. The van der Waals surface area contributed by atoms with E-state index in [1.807, 2.05) is 13.8 Å². The van der Waals surface area contributed by atoms with Crippen LogP contribution in [0.3, 0.4) is 0 Å². The maximum Gasteiger partial charge on any atom is 0.334 e. The zero-order valence-corrected chi connectivity index (χ0v) is 15.7. The number of hydrogen-bond acceptors (Lipinski definition) is 5. The van der Waals surface area contributed by atoms with Gasteiger partial charge in [-0.25, -0.2) is 9.59 Å². The minimum atomic E-state index is -0.748. The summed E-state index contributed by atoms with van der Waals surface area (Å²) in [5, 5.41) is 0. The summed E-state index contributed by atoms with van der Waals surface area (Å²) in [4.78, 5) is 24.0. The molecular formula is C19H30O5. The number of rotatable bonds is 6. The van der Waals surface area contributed by atoms with Gasteiger partial charge in [0.15, 0.2) is 0 Å². The standard InChI is InChI=1S/C19H30O5/c1-12(2)18(21)23-16-10-13(3)8-9-15(16)19(5,6)24-17(20)11-14(4)22-7/h11,13,15-16H,1,8-10H2,2-7H3. The average molecular weight is 338 g/mol. The van der Waals surface area contributed by atoms with Gasteiger partial charge < -0.3 is 14.2 Å². The minimum Gasteiger partial charge on any atom is -0.501 e. The van der Waals surface area contributed by atoms with Gasteiger partial charge in [-0.05, 0) is 46.5 Å². The molecule has 0 spiro atoms. The summed E-state index contributed by atoms with van der Waals surface area (Å²) in [6.45, 7) is 12.8. The van der Waals surface area contributed by atoms with Gasteiger partial charge in [-0.15, -0.1) is 0 Å². The molecule has 1 aliphatic carbocycles. The van der Waals surface area contributed by atoms with Crippen LogP contribution in [0, 0.1) is 11.8 Å². The van der Waals surface area contributed by atoms with Gasteiger partial charge >= 0.3 is 11.9 Å². The van der Waals surface area contributed by atoms with Crippen LogP contribution >= 0.6 is 0 Å². The van der Waals surface area contributed by atoms with Gasteiger partial charge in [0.25, 0.3) is 0 Å². The number of methoxy groups -OCH3 is 1. The zero-order chi connectivity index (χ0) is 18.5. The van der Waals surface area contributed by atoms with E-state index in [1.54, 1.807) is 13.8 Å². The van der Waals surface area contributed by atoms with Crippen LogP contribution in [0.4, 0.5) is 0 Å². The van der Waals surface area contributed by atoms with Crippen molar-refractivity contribution in [3.8, 4) is 0 Å². The second kappa shape index (κ2) is 8.36. The van der Waals surface area contributed by atoms with Crippen LogP contribution in [0.5, 0.6) is 0 Å². The number of allylic oxidation sites excluding steroid dienone is 1. The second-order valence-electron chi connectivity index (χ2n) is 7.23. The molecule has 0 aromatic heterocycles. The Balaban J connectivity index is 2.89. The first-order chi connectivity index (χ1) is 11.1. The summed E-state index contributed by atoms with van der Waals surface area (Å²) in [6, 6.07) is 0. The Morgan fingerprint density at radius 3 is 2.38 bits per heavy atom. The van der Waals surface area contributed by atoms with Crippen molar-refractivity contribution in [3.63, 3.8) is 0 Å². The molecule has 1 saturated carbocycles. The topological polar surface area (TPSA) is 61.8 Å². The van der Waals surface area contributed by atoms with E-state index in [2.05, 4.69) is 13.5 Å². The van der Waals surface area contributed by atoms with Crippen molar-refractivity contribution in [2.24, 2.45) is 11.8 Å². The number of hydrogen-bond donors (Lipinski definition) is 0. The van der Waals surface area contributed by atoms with Crippen LogP contribution in [0.15, 0.2) is 24.0 Å². The SMILES string of the molecule is C=C(C)C(=O)OC1CC(C)CCC1C(C)(C)OC(=O)C=C(C)OC. The first-order valence-corrected chi connectivity index (χ1v) is 8.38. The number of ether oxygens (including phenoxy) is 3. The lowest BCUT2D eigenvalue weighted by molar-refractivity contribution is -0.172. The third-order valence-electron chi connectivity index (χ3n) is 4.56. The molecule has 0 aromatic carbocycles. The van der Waals surface area contributed by atoms with E-state index in [1.165, 1.54) is 13.2 Å². The minimum absolute atomic E-state index is 0.0581. The highest BCUT2D eigenvalue weighted by Gasteiger charge is 2.43. The molecule has 5 heteroatoms. The largest absolute Gasteiger partial charge is 0.501 e. The van der Waals surface area contributed by atoms with Crippen molar-refractivity contribution in [2.75, 3.05) is 7.11 Å². The molecule has 1 aliphatic rings. The van der Waals surface area contributed by atoms with Crippen molar-refractivity contribution >= 4 is 11.9 Å². The molecule has 0 N–H and O–H groups in total. The highest BCUT2D eigenvalue weighted by molar-refractivity contribution is 5.87. The Bertz CT molecular complexity index is 518. The monoisotopic (exact) mass is 338 g/mol. The summed E-state index contributed by atoms with van der Waals surface area (Å²) in [6.07, 6.45) is 3.65. The highest BCUT2D eigenvalue weighted by atomic mass is 16.6. The highest BCUT2D eigenvalue weighted by Crippen LogP contribution is 2.39. The third-order valence-corrected chi connectivity index (χ3v) is 4.56. The normalized spacial score (nSPS) is 24.9. The zero-order valence-electron chi connectivity index (χ0n) is 15.7. The van der Waals surface area contributed by atoms with Gasteiger partial charge in [-0.1, -0.05) is 19.9 Å². The van der Waals surface area contributed by atoms with Crippen LogP contribution < -0.4 is 0 Å². The van der Waals surface area contributed by atoms with Crippen LogP contribution in [0.1, 0.15) is 53.9 Å². The summed E-state index contributed by atoms with van der Waals surface area (Å²) in [7, 11) is 1.50. The molecule has 0 aromatic rings. The quantitative estimate of drug-likeness (QED) is 0.419. The second-order valence-corrected chi connectivity index (χ2v) is 7.23. The van der Waals surface area contributed by atoms with Crippen LogP contribution in [-0.2, 0) is 23.8 Å². The molecule has 1 fully saturated rings. The molecule has 0 amide bonds. The molecule has 3 unspecified atom stereocenters. The molecule has 3 atom stereocenters. The average Bonchev–Trinajstić information content (AvgIpc) is 2.45. The third kappa shape index (κ3) is 5.69. The van der Waals surface area contributed by atoms with Crippen molar-refractivity contribution in [2.45, 2.75) is 65.6 Å². The summed E-state index contributed by atoms with van der Waals surface area (Å²) < 4.78 is 16.3. The number of carbonyl (C=O) groups is 2. The molecule has 5 nitrogen and oxygen atoms in total. The Hall–Kier alpha value is -1.78. The van der Waals surface area contributed by atoms with Crippen LogP contribution in [0.25, 0.3) is 0 Å². The molecule has 0 aliphatic heterocycles. The number of esters is 2. The molecule has 0 bridgehead atoms. The molecule has 24 heavy (non-hydrogen) atoms. The molecule has 1 rings (SSSR count). The summed E-state index contributed by atoms with van der Waals surface area (Å²) in [5.74, 6) is 0.0427. The lowest BCUT2D eigenvalue weighted by Crippen LogP contribution is -2.47. The van der Waals surface area contributed by atoms with Crippen molar-refractivity contribution in [1.29, 1.82) is 0 Å². The Labute approximate surface area is 145 Å². The van der Waals surface area contributed by atoms with Gasteiger partial charge in [-0.2, -0.15) is 0 Å². The Morgan fingerprint density at radius 2 is 1.83 bits per heavy atom. The van der Waals surface area contributed by atoms with E-state index in [0.717, 1.165) is 19.3 Å². The maximum absolute atomic E-state index is 12.1. The summed E-state index contributed by atoms with van der Waals surface area (Å²) in [5.41, 5.74) is -0.373. The van der Waals surface area contributed by atoms with Gasteiger partial charge in [0.2, 0.25) is 0 Å². The first kappa shape index (κ1) is 20.3. The predicted molar refractivity (Wildman–Crippen MR) is 92.1 cm³/mol. The van der Waals surface area contributed by atoms with Crippen molar-refractivity contribution < 1.29 is 23.8 Å². The fraction of sp³-hybridized carbons (Fsp3) is 0.684. The van der Waals surface area contributed by atoms with E-state index in [0.29, 0.717) is 17.3 Å². The fourth-order valence-electron chi connectivity index (χ4n) is 3.08. The van der Waals surface area contributed by atoms with Gasteiger partial charge in [0.1, 0.15) is 11.7 Å². The smallest absolute Gasteiger partial charge is 0.334 e. The van der Waals surface area contributed by atoms with Crippen molar-refractivity contribution in [3.05, 3.63) is 24.0 Å². The molecule has 0 saturated heterocycles. The predicted octanol–water partition coefficient (Wildman–Crippen LogP) is 3.78. The molecule has 0 heterocycles. The van der Waals surface area contributed by atoms with E-state index in [4.69, 9.17) is 14.2 Å². The first-order valence-electron chi connectivity index (χ1n) is 8.38. The van der Waals surface area contributed by atoms with Crippen LogP contribution in [-0.4, -0.2) is 30.8 Å². The van der Waals surface area contributed by atoms with E-state index >= 15 is 0 Å². The Morgan fingerprint density at radius 1 is 1.21 bits per heavy atom. The van der Waals surface area contributed by atoms with Crippen LogP contribution in [0.2, 0.25) is 0 Å². The van der Waals surface area contributed by atoms with E-state index in [-0.39, 0.29) is 12.0 Å². The van der Waals surface area contributed by atoms with E-state index in [9.17, 15) is 9.59 Å². The van der Waals surface area contributed by atoms with Crippen molar-refractivity contribution in [1.82, 2.24) is 0 Å². The molecule has 0 radical (unpaired) electrons. The summed E-state index contributed by atoms with van der Waals surface area (Å²) >= 11 is 0. The van der Waals surface area contributed by atoms with Gasteiger partial charge in [0.05, 0.1) is 18.9 Å². The lowest BCUT2D eigenvalue weighted by Gasteiger charge is -2.42. The Kier molecular flexibility index (Phi) is 7.06. The molecular weight excluding hydrogens is 308 g/mol. The van der Waals surface area contributed by atoms with E-state index < -0.39 is 17.5 Å². The number of carbonyl (C=O) groups excluding carboxylic acids is 2. The fourth-order valence-corrected chi connectivity index (χ4v) is 3.08. The van der Waals surface area contributed by atoms with Gasteiger partial charge in [0, 0.05) is 11.5 Å².